The minimum atomic E-state index is -0.207. The molecule has 2 aromatic carbocycles. The highest BCUT2D eigenvalue weighted by molar-refractivity contribution is 7.15. The van der Waals surface area contributed by atoms with Gasteiger partial charge in [0.05, 0.1) is 17.7 Å². The molecule has 2 heterocycles. The number of nitrogens with zero attached hydrogens (tertiary/aromatic N) is 3. The Morgan fingerprint density at radius 1 is 1.03 bits per heavy atom. The van der Waals surface area contributed by atoms with Crippen molar-refractivity contribution in [1.29, 1.82) is 0 Å². The maximum Gasteiger partial charge on any atom is 0.291 e. The van der Waals surface area contributed by atoms with E-state index in [0.717, 1.165) is 16.9 Å². The van der Waals surface area contributed by atoms with Crippen LogP contribution in [0.25, 0.3) is 22.4 Å². The number of rotatable bonds is 9. The molecule has 7 nitrogen and oxygen atoms in total. The molecule has 0 fully saturated rings. The van der Waals surface area contributed by atoms with Gasteiger partial charge in [0, 0.05) is 5.56 Å². The molecule has 0 aliphatic rings. The van der Waals surface area contributed by atoms with Crippen molar-refractivity contribution < 1.29 is 14.2 Å². The zero-order valence-corrected chi connectivity index (χ0v) is 18.7. The van der Waals surface area contributed by atoms with Crippen molar-refractivity contribution >= 4 is 22.4 Å². The van der Waals surface area contributed by atoms with Gasteiger partial charge in [0.25, 0.3) is 5.56 Å². The lowest BCUT2D eigenvalue weighted by Gasteiger charge is -2.11. The molecule has 164 valence electrons. The summed E-state index contributed by atoms with van der Waals surface area (Å²) in [5.74, 6) is 2.56. The molecule has 0 saturated carbocycles. The second-order valence-corrected chi connectivity index (χ2v) is 7.75. The quantitative estimate of drug-likeness (QED) is 0.363. The van der Waals surface area contributed by atoms with E-state index in [-0.39, 0.29) is 5.56 Å². The second-order valence-electron chi connectivity index (χ2n) is 6.74. The first-order chi connectivity index (χ1) is 15.6. The van der Waals surface area contributed by atoms with Gasteiger partial charge in [-0.25, -0.2) is 0 Å². The standard InChI is InChI=1S/C24H23N3O4S/c1-4-13-31-18-10-8-17(9-11-18)22-25-24-27(26-22)23(28)21(32-24)15-16-7-12-19(29-5-2)20(14-16)30-6-3/h4,7-12,14-15H,1,5-6,13H2,2-3H3/b21-15-. The van der Waals surface area contributed by atoms with Gasteiger partial charge in [0.2, 0.25) is 4.96 Å². The Kier molecular flexibility index (Phi) is 6.51. The van der Waals surface area contributed by atoms with Crippen molar-refractivity contribution in [3.8, 4) is 28.6 Å². The van der Waals surface area contributed by atoms with Crippen LogP contribution in [0.2, 0.25) is 0 Å². The third-order valence-electron chi connectivity index (χ3n) is 4.53. The minimum Gasteiger partial charge on any atom is -0.490 e. The fraction of sp³-hybridized carbons (Fsp3) is 0.208. The highest BCUT2D eigenvalue weighted by Crippen LogP contribution is 2.29. The Morgan fingerprint density at radius 2 is 1.78 bits per heavy atom. The first kappa shape index (κ1) is 21.6. The summed E-state index contributed by atoms with van der Waals surface area (Å²) in [7, 11) is 0. The van der Waals surface area contributed by atoms with Gasteiger partial charge in [-0.2, -0.15) is 9.50 Å². The van der Waals surface area contributed by atoms with Gasteiger partial charge in [-0.15, -0.1) is 5.10 Å². The van der Waals surface area contributed by atoms with Crippen LogP contribution in [0.4, 0.5) is 0 Å². The van der Waals surface area contributed by atoms with Gasteiger partial charge in [0.1, 0.15) is 12.4 Å². The smallest absolute Gasteiger partial charge is 0.291 e. The zero-order valence-electron chi connectivity index (χ0n) is 17.9. The molecule has 0 aliphatic carbocycles. The molecular formula is C24H23N3O4S. The van der Waals surface area contributed by atoms with Crippen molar-refractivity contribution in [3.05, 3.63) is 75.6 Å². The third kappa shape index (κ3) is 4.50. The summed E-state index contributed by atoms with van der Waals surface area (Å²) in [6.07, 6.45) is 3.50. The van der Waals surface area contributed by atoms with E-state index >= 15 is 0 Å². The molecular weight excluding hydrogens is 426 g/mol. The van der Waals surface area contributed by atoms with E-state index in [1.54, 1.807) is 6.08 Å². The average molecular weight is 450 g/mol. The van der Waals surface area contributed by atoms with Gasteiger partial charge in [-0.3, -0.25) is 4.79 Å². The van der Waals surface area contributed by atoms with Crippen molar-refractivity contribution in [2.24, 2.45) is 0 Å². The topological polar surface area (TPSA) is 75.0 Å². The van der Waals surface area contributed by atoms with Crippen LogP contribution in [0, 0.1) is 0 Å². The van der Waals surface area contributed by atoms with Crippen LogP contribution >= 0.6 is 11.3 Å². The van der Waals surface area contributed by atoms with Crippen molar-refractivity contribution in [3.63, 3.8) is 0 Å². The van der Waals surface area contributed by atoms with E-state index in [0.29, 0.717) is 46.6 Å². The van der Waals surface area contributed by atoms with E-state index in [1.165, 1.54) is 15.9 Å². The van der Waals surface area contributed by atoms with E-state index < -0.39 is 0 Å². The van der Waals surface area contributed by atoms with Gasteiger partial charge in [-0.1, -0.05) is 30.1 Å². The molecule has 0 unspecified atom stereocenters. The SMILES string of the molecule is C=CCOc1ccc(-c2nc3s/c(=C\c4ccc(OCC)c(OCC)c4)c(=O)n3n2)cc1. The maximum atomic E-state index is 12.9. The number of ether oxygens (including phenoxy) is 3. The van der Waals surface area contributed by atoms with Crippen molar-refractivity contribution in [2.45, 2.75) is 13.8 Å². The van der Waals surface area contributed by atoms with E-state index in [9.17, 15) is 4.79 Å². The van der Waals surface area contributed by atoms with Crippen LogP contribution < -0.4 is 24.3 Å². The molecule has 4 aromatic rings. The summed E-state index contributed by atoms with van der Waals surface area (Å²) >= 11 is 1.30. The number of thiazole rings is 1. The molecule has 0 aliphatic heterocycles. The van der Waals surface area contributed by atoms with Gasteiger partial charge < -0.3 is 14.2 Å². The first-order valence-electron chi connectivity index (χ1n) is 10.3. The summed E-state index contributed by atoms with van der Waals surface area (Å²) in [5.41, 5.74) is 1.44. The molecule has 0 radical (unpaired) electrons. The lowest BCUT2D eigenvalue weighted by atomic mass is 10.2. The van der Waals surface area contributed by atoms with Crippen LogP contribution in [0.5, 0.6) is 17.2 Å². The highest BCUT2D eigenvalue weighted by atomic mass is 32.1. The normalized spacial score (nSPS) is 11.6. The zero-order chi connectivity index (χ0) is 22.5. The van der Waals surface area contributed by atoms with E-state index in [2.05, 4.69) is 16.7 Å². The van der Waals surface area contributed by atoms with Gasteiger partial charge in [-0.05, 0) is 61.9 Å². The first-order valence-corrected chi connectivity index (χ1v) is 11.1. The summed E-state index contributed by atoms with van der Waals surface area (Å²) in [5, 5.41) is 4.40. The van der Waals surface area contributed by atoms with E-state index in [4.69, 9.17) is 14.2 Å². The minimum absolute atomic E-state index is 0.207. The summed E-state index contributed by atoms with van der Waals surface area (Å²) in [6.45, 7) is 8.99. The monoisotopic (exact) mass is 449 g/mol. The molecule has 2 aromatic heterocycles. The van der Waals surface area contributed by atoms with Crippen LogP contribution in [-0.4, -0.2) is 34.4 Å². The predicted octanol–water partition coefficient (Wildman–Crippen LogP) is 3.73. The van der Waals surface area contributed by atoms with E-state index in [1.807, 2.05) is 62.4 Å². The molecule has 32 heavy (non-hydrogen) atoms. The Labute approximate surface area is 189 Å². The molecule has 0 bridgehead atoms. The number of fused-ring (bicyclic) bond motifs is 1. The number of hydrogen-bond acceptors (Lipinski definition) is 7. The van der Waals surface area contributed by atoms with Crippen LogP contribution in [0.3, 0.4) is 0 Å². The number of aromatic nitrogens is 3. The van der Waals surface area contributed by atoms with Gasteiger partial charge >= 0.3 is 0 Å². The second kappa shape index (κ2) is 9.65. The summed E-state index contributed by atoms with van der Waals surface area (Å²) < 4.78 is 18.7. The average Bonchev–Trinajstić information content (AvgIpc) is 3.34. The molecule has 0 amide bonds. The third-order valence-corrected chi connectivity index (χ3v) is 5.49. The Balaban J connectivity index is 1.64. The molecule has 4 rings (SSSR count). The van der Waals surface area contributed by atoms with Gasteiger partial charge in [0.15, 0.2) is 17.3 Å². The van der Waals surface area contributed by atoms with Crippen molar-refractivity contribution in [1.82, 2.24) is 14.6 Å². The number of hydrogen-bond donors (Lipinski definition) is 0. The largest absolute Gasteiger partial charge is 0.490 e. The molecule has 0 saturated heterocycles. The molecule has 8 heteroatoms. The fourth-order valence-electron chi connectivity index (χ4n) is 3.12. The molecule has 0 atom stereocenters. The molecule has 0 spiro atoms. The number of benzene rings is 2. The fourth-order valence-corrected chi connectivity index (χ4v) is 4.03. The summed E-state index contributed by atoms with van der Waals surface area (Å²) in [6, 6.07) is 13.0. The van der Waals surface area contributed by atoms with Crippen LogP contribution in [0.15, 0.2) is 59.9 Å². The maximum absolute atomic E-state index is 12.9. The van der Waals surface area contributed by atoms with Crippen molar-refractivity contribution in [2.75, 3.05) is 19.8 Å². The van der Waals surface area contributed by atoms with Crippen LogP contribution in [-0.2, 0) is 0 Å². The Hall–Kier alpha value is -3.65. The Morgan fingerprint density at radius 3 is 2.47 bits per heavy atom. The van der Waals surface area contributed by atoms with Crippen LogP contribution in [0.1, 0.15) is 19.4 Å². The Bertz CT molecular complexity index is 1340. The highest BCUT2D eigenvalue weighted by Gasteiger charge is 2.13. The predicted molar refractivity (Wildman–Crippen MR) is 126 cm³/mol. The molecule has 0 N–H and O–H groups in total. The summed E-state index contributed by atoms with van der Waals surface area (Å²) in [4.78, 5) is 18.0. The lowest BCUT2D eigenvalue weighted by Crippen LogP contribution is -2.23. The lowest BCUT2D eigenvalue weighted by molar-refractivity contribution is 0.287.